The van der Waals surface area contributed by atoms with Gasteiger partial charge in [0.1, 0.15) is 0 Å². The van der Waals surface area contributed by atoms with Crippen molar-refractivity contribution in [2.75, 3.05) is 18.4 Å². The summed E-state index contributed by atoms with van der Waals surface area (Å²) in [5.41, 5.74) is 0.960. The highest BCUT2D eigenvalue weighted by Gasteiger charge is 2.26. The van der Waals surface area contributed by atoms with Gasteiger partial charge in [-0.05, 0) is 37.7 Å². The lowest BCUT2D eigenvalue weighted by molar-refractivity contribution is -0.132. The lowest BCUT2D eigenvalue weighted by Crippen LogP contribution is -2.38. The number of piperidine rings is 1. The smallest absolute Gasteiger partial charge is 0.228 e. The van der Waals surface area contributed by atoms with Gasteiger partial charge in [0.05, 0.1) is 11.9 Å². The number of amides is 1. The van der Waals surface area contributed by atoms with Gasteiger partial charge < -0.3 is 10.2 Å². The number of hydrogen-bond donors (Lipinski definition) is 1. The molecule has 2 aromatic heterocycles. The van der Waals surface area contributed by atoms with Crippen LogP contribution in [0.5, 0.6) is 0 Å². The molecule has 0 unspecified atom stereocenters. The van der Waals surface area contributed by atoms with Crippen LogP contribution in [0.1, 0.15) is 43.7 Å². The van der Waals surface area contributed by atoms with Crippen LogP contribution in [-0.4, -0.2) is 43.8 Å². The zero-order valence-electron chi connectivity index (χ0n) is 15.3. The van der Waals surface area contributed by atoms with E-state index in [2.05, 4.69) is 37.4 Å². The Morgan fingerprint density at radius 2 is 1.96 bits per heavy atom. The van der Waals surface area contributed by atoms with Gasteiger partial charge in [-0.2, -0.15) is 0 Å². The molecule has 2 aliphatic rings. The molecule has 1 saturated heterocycles. The molecule has 1 aliphatic heterocycles. The van der Waals surface area contributed by atoms with Crippen LogP contribution in [0, 0.1) is 5.92 Å². The minimum absolute atomic E-state index is 0.285. The molecule has 0 spiro atoms. The number of likely N-dealkylation sites (tertiary alicyclic amines) is 1. The highest BCUT2D eigenvalue weighted by molar-refractivity contribution is 5.76. The van der Waals surface area contributed by atoms with Gasteiger partial charge in [0.15, 0.2) is 5.82 Å². The van der Waals surface area contributed by atoms with Crippen LogP contribution < -0.4 is 5.32 Å². The first-order valence-electron chi connectivity index (χ1n) is 9.58. The summed E-state index contributed by atoms with van der Waals surface area (Å²) >= 11 is 0. The van der Waals surface area contributed by atoms with Gasteiger partial charge in [0, 0.05) is 44.0 Å². The van der Waals surface area contributed by atoms with Gasteiger partial charge in [-0.3, -0.25) is 9.78 Å². The predicted octanol–water partition coefficient (Wildman–Crippen LogP) is 3.07. The molecule has 2 aromatic rings. The molecular weight excluding hydrogens is 340 g/mol. The fourth-order valence-corrected chi connectivity index (χ4v) is 3.76. The Morgan fingerprint density at radius 1 is 1.15 bits per heavy atom. The maximum atomic E-state index is 12.5. The summed E-state index contributed by atoms with van der Waals surface area (Å²) in [6.07, 6.45) is 16.0. The number of carbonyl (C=O) groups excluding carboxylic acids is 1. The number of allylic oxidation sites excluding steroid dienone is 2. The molecule has 0 aromatic carbocycles. The SMILES string of the molecule is O=C(C[C@@H]1C=CCC1)N1CCC(c2cncc(Nc3ncccn3)n2)CC1. The van der Waals surface area contributed by atoms with Crippen LogP contribution in [0.25, 0.3) is 0 Å². The van der Waals surface area contributed by atoms with Crippen molar-refractivity contribution in [2.45, 2.75) is 38.0 Å². The van der Waals surface area contributed by atoms with Crippen LogP contribution in [-0.2, 0) is 4.79 Å². The van der Waals surface area contributed by atoms with E-state index in [0.29, 0.717) is 30.0 Å². The van der Waals surface area contributed by atoms with E-state index in [9.17, 15) is 4.79 Å². The molecule has 1 fully saturated rings. The van der Waals surface area contributed by atoms with E-state index in [4.69, 9.17) is 0 Å². The molecule has 1 aliphatic carbocycles. The first-order valence-corrected chi connectivity index (χ1v) is 9.58. The minimum Gasteiger partial charge on any atom is -0.343 e. The van der Waals surface area contributed by atoms with Crippen LogP contribution in [0.15, 0.2) is 43.0 Å². The Labute approximate surface area is 159 Å². The summed E-state index contributed by atoms with van der Waals surface area (Å²) in [4.78, 5) is 31.8. The van der Waals surface area contributed by atoms with Crippen molar-refractivity contribution in [3.8, 4) is 0 Å². The Balaban J connectivity index is 1.33. The molecule has 7 nitrogen and oxygen atoms in total. The highest BCUT2D eigenvalue weighted by Crippen LogP contribution is 2.29. The predicted molar refractivity (Wildman–Crippen MR) is 102 cm³/mol. The Hall–Kier alpha value is -2.83. The standard InChI is InChI=1S/C20H24N6O/c27-19(12-15-4-1-2-5-15)26-10-6-16(7-11-26)17-13-21-14-18(24-17)25-20-22-8-3-9-23-20/h1,3-4,8-9,13-16H,2,5-7,10-12H2,(H,22,23,24,25)/t15-/m1/s1. The molecular formula is C20H24N6O. The van der Waals surface area contributed by atoms with Gasteiger partial charge >= 0.3 is 0 Å². The summed E-state index contributed by atoms with van der Waals surface area (Å²) in [7, 11) is 0. The summed E-state index contributed by atoms with van der Waals surface area (Å²) in [5, 5.41) is 3.08. The second-order valence-corrected chi connectivity index (χ2v) is 7.15. The van der Waals surface area contributed by atoms with Crippen LogP contribution in [0.4, 0.5) is 11.8 Å². The summed E-state index contributed by atoms with van der Waals surface area (Å²) in [6, 6.07) is 1.77. The van der Waals surface area contributed by atoms with E-state index in [1.807, 2.05) is 11.1 Å². The first kappa shape index (κ1) is 17.6. The van der Waals surface area contributed by atoms with Crippen molar-refractivity contribution < 1.29 is 4.79 Å². The number of carbonyl (C=O) groups is 1. The van der Waals surface area contributed by atoms with Crippen LogP contribution in [0.2, 0.25) is 0 Å². The normalized spacial score (nSPS) is 20.0. The maximum absolute atomic E-state index is 12.5. The fourth-order valence-electron chi connectivity index (χ4n) is 3.76. The van der Waals surface area contributed by atoms with Gasteiger partial charge in [-0.1, -0.05) is 12.2 Å². The van der Waals surface area contributed by atoms with E-state index in [0.717, 1.165) is 44.5 Å². The zero-order chi connectivity index (χ0) is 18.5. The average molecular weight is 364 g/mol. The fraction of sp³-hybridized carbons (Fsp3) is 0.450. The van der Waals surface area contributed by atoms with Gasteiger partial charge in [0.2, 0.25) is 11.9 Å². The van der Waals surface area contributed by atoms with Crippen LogP contribution >= 0.6 is 0 Å². The number of nitrogens with one attached hydrogen (secondary N) is 1. The van der Waals surface area contributed by atoms with Gasteiger partial charge in [-0.25, -0.2) is 15.0 Å². The third-order valence-electron chi connectivity index (χ3n) is 5.27. The Morgan fingerprint density at radius 3 is 2.70 bits per heavy atom. The van der Waals surface area contributed by atoms with E-state index >= 15 is 0 Å². The van der Waals surface area contributed by atoms with Gasteiger partial charge in [-0.15, -0.1) is 0 Å². The van der Waals surface area contributed by atoms with Crippen molar-refractivity contribution in [1.82, 2.24) is 24.8 Å². The third kappa shape index (κ3) is 4.48. The van der Waals surface area contributed by atoms with E-state index < -0.39 is 0 Å². The van der Waals surface area contributed by atoms with E-state index in [1.165, 1.54) is 0 Å². The second kappa shape index (κ2) is 8.24. The molecule has 140 valence electrons. The quantitative estimate of drug-likeness (QED) is 0.821. The molecule has 7 heteroatoms. The molecule has 0 bridgehead atoms. The Bertz CT molecular complexity index is 801. The molecule has 1 atom stereocenters. The Kier molecular flexibility index (Phi) is 5.37. The number of anilines is 2. The van der Waals surface area contributed by atoms with Gasteiger partial charge in [0.25, 0.3) is 0 Å². The molecule has 4 rings (SSSR count). The highest BCUT2D eigenvalue weighted by atomic mass is 16.2. The maximum Gasteiger partial charge on any atom is 0.228 e. The minimum atomic E-state index is 0.285. The van der Waals surface area contributed by atoms with E-state index in [-0.39, 0.29) is 5.91 Å². The zero-order valence-corrected chi connectivity index (χ0v) is 15.3. The number of aromatic nitrogens is 4. The number of hydrogen-bond acceptors (Lipinski definition) is 6. The summed E-state index contributed by atoms with van der Waals surface area (Å²) in [6.45, 7) is 1.59. The van der Waals surface area contributed by atoms with E-state index in [1.54, 1.807) is 24.7 Å². The number of nitrogens with zero attached hydrogens (tertiary/aromatic N) is 5. The largest absolute Gasteiger partial charge is 0.343 e. The molecule has 0 saturated carbocycles. The lowest BCUT2D eigenvalue weighted by atomic mass is 9.93. The van der Waals surface area contributed by atoms with Crippen molar-refractivity contribution in [2.24, 2.45) is 5.92 Å². The average Bonchev–Trinajstić information content (AvgIpc) is 3.22. The van der Waals surface area contributed by atoms with Crippen molar-refractivity contribution >= 4 is 17.7 Å². The molecule has 0 radical (unpaired) electrons. The molecule has 27 heavy (non-hydrogen) atoms. The number of rotatable bonds is 5. The monoisotopic (exact) mass is 364 g/mol. The first-order chi connectivity index (χ1) is 13.3. The van der Waals surface area contributed by atoms with Crippen molar-refractivity contribution in [3.63, 3.8) is 0 Å². The summed E-state index contributed by atoms with van der Waals surface area (Å²) in [5.74, 6) is 2.19. The van der Waals surface area contributed by atoms with Crippen molar-refractivity contribution in [1.29, 1.82) is 0 Å². The van der Waals surface area contributed by atoms with Crippen LogP contribution in [0.3, 0.4) is 0 Å². The summed E-state index contributed by atoms with van der Waals surface area (Å²) < 4.78 is 0. The molecule has 1 amide bonds. The van der Waals surface area contributed by atoms with Crippen molar-refractivity contribution in [3.05, 3.63) is 48.7 Å². The second-order valence-electron chi connectivity index (χ2n) is 7.15. The molecule has 1 N–H and O–H groups in total. The third-order valence-corrected chi connectivity index (χ3v) is 5.27. The molecule has 3 heterocycles. The lowest BCUT2D eigenvalue weighted by Gasteiger charge is -2.32. The topological polar surface area (TPSA) is 83.9 Å².